The van der Waals surface area contributed by atoms with E-state index >= 15 is 0 Å². The van der Waals surface area contributed by atoms with Crippen molar-refractivity contribution in [2.45, 2.75) is 12.5 Å². The van der Waals surface area contributed by atoms with Crippen molar-refractivity contribution in [2.75, 3.05) is 44.3 Å². The first kappa shape index (κ1) is 14.6. The molecule has 0 saturated carbocycles. The normalized spacial score (nSPS) is 28.1. The number of amides is 1. The Balaban J connectivity index is 1.59. The van der Waals surface area contributed by atoms with Crippen LogP contribution >= 0.6 is 0 Å². The van der Waals surface area contributed by atoms with E-state index in [-0.39, 0.29) is 24.8 Å². The molecule has 2 rings (SSSR count). The summed E-state index contributed by atoms with van der Waals surface area (Å²) in [6.07, 6.45) is 0. The van der Waals surface area contributed by atoms with Gasteiger partial charge in [-0.05, 0) is 6.92 Å². The van der Waals surface area contributed by atoms with Crippen LogP contribution in [0.1, 0.15) is 6.92 Å². The Labute approximate surface area is 114 Å². The summed E-state index contributed by atoms with van der Waals surface area (Å²) in [5.74, 6) is 0.921. The SMILES string of the molecule is C[C@]1(C(=O)CNC(=O)CNN2CCS(=O)CC2)CO1. The molecule has 8 heteroatoms. The predicted octanol–water partition coefficient (Wildman–Crippen LogP) is -1.97. The van der Waals surface area contributed by atoms with E-state index in [9.17, 15) is 13.8 Å². The third-order valence-corrected chi connectivity index (χ3v) is 4.53. The van der Waals surface area contributed by atoms with E-state index < -0.39 is 16.4 Å². The Morgan fingerprint density at radius 2 is 1.95 bits per heavy atom. The lowest BCUT2D eigenvalue weighted by Crippen LogP contribution is -2.50. The summed E-state index contributed by atoms with van der Waals surface area (Å²) >= 11 is 0. The summed E-state index contributed by atoms with van der Waals surface area (Å²) in [6, 6.07) is 0. The number of hydrazine groups is 1. The fourth-order valence-corrected chi connectivity index (χ4v) is 2.73. The van der Waals surface area contributed by atoms with E-state index in [4.69, 9.17) is 4.74 Å². The zero-order valence-corrected chi connectivity index (χ0v) is 11.8. The van der Waals surface area contributed by atoms with Crippen LogP contribution in [0.25, 0.3) is 0 Å². The Morgan fingerprint density at radius 3 is 2.53 bits per heavy atom. The van der Waals surface area contributed by atoms with Crippen LogP contribution in [0, 0.1) is 0 Å². The van der Waals surface area contributed by atoms with Gasteiger partial charge in [-0.2, -0.15) is 0 Å². The number of epoxide rings is 1. The van der Waals surface area contributed by atoms with Crippen LogP contribution < -0.4 is 10.7 Å². The Hall–Kier alpha value is -0.830. The zero-order valence-electron chi connectivity index (χ0n) is 10.9. The minimum Gasteiger partial charge on any atom is -0.362 e. The summed E-state index contributed by atoms with van der Waals surface area (Å²) in [6.45, 7) is 3.62. The monoisotopic (exact) mass is 289 g/mol. The Bertz CT molecular complexity index is 387. The second kappa shape index (κ2) is 6.08. The van der Waals surface area contributed by atoms with Crippen LogP contribution in [-0.2, 0) is 25.1 Å². The van der Waals surface area contributed by atoms with E-state index in [0.717, 1.165) is 0 Å². The van der Waals surface area contributed by atoms with Crippen molar-refractivity contribution in [3.8, 4) is 0 Å². The molecule has 2 heterocycles. The van der Waals surface area contributed by atoms with Gasteiger partial charge < -0.3 is 10.1 Å². The molecule has 0 spiro atoms. The van der Waals surface area contributed by atoms with Gasteiger partial charge in [0, 0.05) is 35.4 Å². The molecule has 2 fully saturated rings. The van der Waals surface area contributed by atoms with Gasteiger partial charge in [0.05, 0.1) is 19.7 Å². The summed E-state index contributed by atoms with van der Waals surface area (Å²) in [7, 11) is -0.729. The quantitative estimate of drug-likeness (QED) is 0.551. The van der Waals surface area contributed by atoms with E-state index in [0.29, 0.717) is 31.2 Å². The average molecular weight is 289 g/mol. The minimum absolute atomic E-state index is 0.00102. The number of carbonyl (C=O) groups is 2. The van der Waals surface area contributed by atoms with Gasteiger partial charge in [0.1, 0.15) is 5.60 Å². The number of rotatable bonds is 6. The molecule has 7 nitrogen and oxygen atoms in total. The number of ketones is 1. The topological polar surface area (TPSA) is 91.0 Å². The third-order valence-electron chi connectivity index (χ3n) is 3.25. The lowest BCUT2D eigenvalue weighted by atomic mass is 10.1. The Kier molecular flexibility index (Phi) is 4.67. The van der Waals surface area contributed by atoms with Crippen molar-refractivity contribution in [1.29, 1.82) is 0 Å². The van der Waals surface area contributed by atoms with Gasteiger partial charge in [-0.1, -0.05) is 0 Å². The molecule has 0 aromatic carbocycles. The molecule has 2 N–H and O–H groups in total. The molecule has 1 atom stereocenters. The fraction of sp³-hybridized carbons (Fsp3) is 0.818. The highest BCUT2D eigenvalue weighted by Crippen LogP contribution is 2.26. The lowest BCUT2D eigenvalue weighted by Gasteiger charge is -2.26. The molecule has 2 aliphatic rings. The standard InChI is InChI=1S/C11H19N3O4S/c1-11(8-18-11)9(15)6-12-10(16)7-13-14-2-4-19(17)5-3-14/h13H,2-8H2,1H3,(H,12,16)/t11-/m1/s1. The first-order valence-corrected chi connectivity index (χ1v) is 7.76. The maximum Gasteiger partial charge on any atom is 0.235 e. The lowest BCUT2D eigenvalue weighted by molar-refractivity contribution is -0.127. The summed E-state index contributed by atoms with van der Waals surface area (Å²) in [4.78, 5) is 23.1. The van der Waals surface area contributed by atoms with E-state index in [1.807, 2.05) is 5.01 Å². The fourth-order valence-electron chi connectivity index (χ4n) is 1.68. The molecule has 19 heavy (non-hydrogen) atoms. The summed E-state index contributed by atoms with van der Waals surface area (Å²) in [5, 5.41) is 4.44. The second-order valence-electron chi connectivity index (χ2n) is 4.89. The Morgan fingerprint density at radius 1 is 1.32 bits per heavy atom. The highest BCUT2D eigenvalue weighted by molar-refractivity contribution is 7.85. The van der Waals surface area contributed by atoms with Crippen molar-refractivity contribution in [3.05, 3.63) is 0 Å². The molecular weight excluding hydrogens is 270 g/mol. The number of hydrogen-bond acceptors (Lipinski definition) is 6. The molecule has 0 aliphatic carbocycles. The molecule has 108 valence electrons. The molecule has 0 unspecified atom stereocenters. The smallest absolute Gasteiger partial charge is 0.235 e. The maximum absolute atomic E-state index is 11.6. The number of nitrogens with zero attached hydrogens (tertiary/aromatic N) is 1. The van der Waals surface area contributed by atoms with E-state index in [2.05, 4.69) is 10.7 Å². The van der Waals surface area contributed by atoms with E-state index in [1.165, 1.54) is 0 Å². The van der Waals surface area contributed by atoms with Crippen molar-refractivity contribution in [3.63, 3.8) is 0 Å². The van der Waals surface area contributed by atoms with Crippen LogP contribution in [0.5, 0.6) is 0 Å². The van der Waals surface area contributed by atoms with Gasteiger partial charge in [-0.25, -0.2) is 10.4 Å². The zero-order chi connectivity index (χ0) is 13.9. The van der Waals surface area contributed by atoms with Crippen molar-refractivity contribution in [2.24, 2.45) is 0 Å². The van der Waals surface area contributed by atoms with Gasteiger partial charge in [0.2, 0.25) is 5.91 Å². The number of ether oxygens (including phenoxy) is 1. The third kappa shape index (κ3) is 4.34. The van der Waals surface area contributed by atoms with Crippen LogP contribution in [0.3, 0.4) is 0 Å². The van der Waals surface area contributed by atoms with Gasteiger partial charge in [-0.15, -0.1) is 0 Å². The minimum atomic E-state index is -0.729. The highest BCUT2D eigenvalue weighted by Gasteiger charge is 2.46. The molecular formula is C11H19N3O4S. The average Bonchev–Trinajstić information content (AvgIpc) is 3.14. The number of Topliss-reactive ketones (excluding diaryl/α,β-unsaturated/α-hetero) is 1. The maximum atomic E-state index is 11.6. The summed E-state index contributed by atoms with van der Waals surface area (Å²) in [5.41, 5.74) is 2.28. The molecule has 1 amide bonds. The van der Waals surface area contributed by atoms with Crippen molar-refractivity contribution in [1.82, 2.24) is 15.8 Å². The van der Waals surface area contributed by atoms with Crippen LogP contribution in [0.2, 0.25) is 0 Å². The van der Waals surface area contributed by atoms with Crippen molar-refractivity contribution < 1.29 is 18.5 Å². The highest BCUT2D eigenvalue weighted by atomic mass is 32.2. The van der Waals surface area contributed by atoms with Crippen molar-refractivity contribution >= 4 is 22.5 Å². The van der Waals surface area contributed by atoms with Gasteiger partial charge in [0.25, 0.3) is 0 Å². The molecule has 2 aliphatic heterocycles. The van der Waals surface area contributed by atoms with E-state index in [1.54, 1.807) is 6.92 Å². The first-order valence-electron chi connectivity index (χ1n) is 6.27. The molecule has 0 aromatic rings. The number of nitrogens with one attached hydrogen (secondary N) is 2. The second-order valence-corrected chi connectivity index (χ2v) is 6.59. The van der Waals surface area contributed by atoms with Crippen LogP contribution in [0.15, 0.2) is 0 Å². The number of carbonyl (C=O) groups excluding carboxylic acids is 2. The van der Waals surface area contributed by atoms with Gasteiger partial charge in [-0.3, -0.25) is 13.8 Å². The predicted molar refractivity (Wildman–Crippen MR) is 69.8 cm³/mol. The largest absolute Gasteiger partial charge is 0.362 e. The summed E-state index contributed by atoms with van der Waals surface area (Å²) < 4.78 is 16.2. The van der Waals surface area contributed by atoms with Crippen LogP contribution in [0.4, 0.5) is 0 Å². The molecule has 0 bridgehead atoms. The number of hydrogen-bond donors (Lipinski definition) is 2. The molecule has 2 saturated heterocycles. The van der Waals surface area contributed by atoms with Crippen LogP contribution in [-0.4, -0.2) is 70.8 Å². The van der Waals surface area contributed by atoms with Gasteiger partial charge in [0.15, 0.2) is 5.78 Å². The van der Waals surface area contributed by atoms with Gasteiger partial charge >= 0.3 is 0 Å². The first-order chi connectivity index (χ1) is 8.99. The molecule has 0 radical (unpaired) electrons. The molecule has 0 aromatic heterocycles.